The number of rotatable bonds is 5. The summed E-state index contributed by atoms with van der Waals surface area (Å²) in [6.45, 7) is 6.51. The minimum atomic E-state index is 0.578. The van der Waals surface area contributed by atoms with Crippen LogP contribution in [0.15, 0.2) is 12.5 Å². The minimum absolute atomic E-state index is 0.578. The Hall–Kier alpha value is -0.910. The fraction of sp³-hybridized carbons (Fsp3) is 0.636. The summed E-state index contributed by atoms with van der Waals surface area (Å²) in [7, 11) is 0. The van der Waals surface area contributed by atoms with E-state index < -0.39 is 0 Å². The van der Waals surface area contributed by atoms with Gasteiger partial charge in [-0.2, -0.15) is 0 Å². The molecule has 2 N–H and O–H groups in total. The third kappa shape index (κ3) is 4.11. The van der Waals surface area contributed by atoms with Crippen molar-refractivity contribution in [3.8, 4) is 0 Å². The van der Waals surface area contributed by atoms with Crippen LogP contribution in [0.1, 0.15) is 6.42 Å². The molecule has 2 heterocycles. The third-order valence-electron chi connectivity index (χ3n) is 2.82. The minimum Gasteiger partial charge on any atom is -0.369 e. The van der Waals surface area contributed by atoms with Crippen LogP contribution in [0.3, 0.4) is 0 Å². The number of nitrogens with one attached hydrogen (secondary N) is 2. The Balaban J connectivity index is 1.64. The molecule has 0 aromatic carbocycles. The zero-order chi connectivity index (χ0) is 11.9. The molecule has 0 radical (unpaired) electrons. The highest BCUT2D eigenvalue weighted by Crippen LogP contribution is 2.15. The van der Waals surface area contributed by atoms with E-state index in [1.807, 2.05) is 0 Å². The van der Waals surface area contributed by atoms with Crippen LogP contribution >= 0.6 is 11.6 Å². The zero-order valence-corrected chi connectivity index (χ0v) is 10.6. The van der Waals surface area contributed by atoms with Gasteiger partial charge in [0, 0.05) is 32.7 Å². The topological polar surface area (TPSA) is 53.1 Å². The molecule has 0 bridgehead atoms. The number of anilines is 1. The fourth-order valence-corrected chi connectivity index (χ4v) is 2.06. The first kappa shape index (κ1) is 12.5. The van der Waals surface area contributed by atoms with Crippen LogP contribution in [0.2, 0.25) is 5.02 Å². The van der Waals surface area contributed by atoms with E-state index in [1.165, 1.54) is 6.33 Å². The van der Waals surface area contributed by atoms with Gasteiger partial charge in [0.25, 0.3) is 0 Å². The molecule has 0 aliphatic carbocycles. The number of halogens is 1. The summed E-state index contributed by atoms with van der Waals surface area (Å²) in [5.74, 6) is 0.724. The van der Waals surface area contributed by atoms with Crippen molar-refractivity contribution in [2.75, 3.05) is 44.6 Å². The zero-order valence-electron chi connectivity index (χ0n) is 9.82. The molecule has 1 aliphatic heterocycles. The quantitative estimate of drug-likeness (QED) is 0.764. The van der Waals surface area contributed by atoms with E-state index in [4.69, 9.17) is 11.6 Å². The molecular weight excluding hydrogens is 238 g/mol. The number of hydrogen-bond donors (Lipinski definition) is 2. The van der Waals surface area contributed by atoms with Gasteiger partial charge in [-0.05, 0) is 13.0 Å². The van der Waals surface area contributed by atoms with Crippen LogP contribution in [0.4, 0.5) is 5.82 Å². The van der Waals surface area contributed by atoms with Crippen LogP contribution in [0.5, 0.6) is 0 Å². The maximum Gasteiger partial charge on any atom is 0.148 e. The van der Waals surface area contributed by atoms with E-state index >= 15 is 0 Å². The first-order valence-electron chi connectivity index (χ1n) is 5.99. The Kier molecular flexibility index (Phi) is 4.97. The predicted molar refractivity (Wildman–Crippen MR) is 69.5 cm³/mol. The van der Waals surface area contributed by atoms with E-state index in [1.54, 1.807) is 6.20 Å². The number of nitrogens with zero attached hydrogens (tertiary/aromatic N) is 3. The van der Waals surface area contributed by atoms with Crippen molar-refractivity contribution in [2.24, 2.45) is 0 Å². The highest BCUT2D eigenvalue weighted by molar-refractivity contribution is 6.32. The molecule has 2 rings (SSSR count). The largest absolute Gasteiger partial charge is 0.369 e. The molecule has 5 nitrogen and oxygen atoms in total. The Bertz CT molecular complexity index is 340. The lowest BCUT2D eigenvalue weighted by molar-refractivity contribution is 0.240. The molecule has 1 aliphatic rings. The molecule has 0 amide bonds. The van der Waals surface area contributed by atoms with Gasteiger partial charge < -0.3 is 15.5 Å². The second kappa shape index (κ2) is 6.74. The summed E-state index contributed by atoms with van der Waals surface area (Å²) in [6, 6.07) is 0. The van der Waals surface area contributed by atoms with Crippen molar-refractivity contribution in [3.63, 3.8) is 0 Å². The van der Waals surface area contributed by atoms with Crippen molar-refractivity contribution in [3.05, 3.63) is 17.5 Å². The summed E-state index contributed by atoms with van der Waals surface area (Å²) in [5, 5.41) is 7.15. The summed E-state index contributed by atoms with van der Waals surface area (Å²) in [6.07, 6.45) is 4.21. The second-order valence-corrected chi connectivity index (χ2v) is 4.50. The monoisotopic (exact) mass is 255 g/mol. The summed E-state index contributed by atoms with van der Waals surface area (Å²) in [4.78, 5) is 10.4. The lowest BCUT2D eigenvalue weighted by atomic mass is 10.3. The fourth-order valence-electron chi connectivity index (χ4n) is 1.89. The molecule has 0 saturated carbocycles. The molecular formula is C11H18ClN5. The maximum absolute atomic E-state index is 5.95. The Morgan fingerprint density at radius 2 is 2.24 bits per heavy atom. The second-order valence-electron chi connectivity index (χ2n) is 4.09. The van der Waals surface area contributed by atoms with Crippen LogP contribution in [0, 0.1) is 0 Å². The lowest BCUT2D eigenvalue weighted by Crippen LogP contribution is -2.44. The molecule has 6 heteroatoms. The molecule has 1 saturated heterocycles. The van der Waals surface area contributed by atoms with E-state index in [0.717, 1.165) is 51.5 Å². The number of piperazine rings is 1. The van der Waals surface area contributed by atoms with Crippen molar-refractivity contribution in [2.45, 2.75) is 6.42 Å². The normalized spacial score (nSPS) is 17.0. The molecule has 1 fully saturated rings. The van der Waals surface area contributed by atoms with E-state index in [-0.39, 0.29) is 0 Å². The van der Waals surface area contributed by atoms with Gasteiger partial charge in [0.05, 0.1) is 6.20 Å². The van der Waals surface area contributed by atoms with Gasteiger partial charge >= 0.3 is 0 Å². The molecule has 0 unspecified atom stereocenters. The summed E-state index contributed by atoms with van der Waals surface area (Å²) in [5.41, 5.74) is 0. The Morgan fingerprint density at radius 1 is 1.41 bits per heavy atom. The van der Waals surface area contributed by atoms with Gasteiger partial charge in [-0.3, -0.25) is 0 Å². The average molecular weight is 256 g/mol. The van der Waals surface area contributed by atoms with Gasteiger partial charge in [0.2, 0.25) is 0 Å². The number of hydrogen-bond acceptors (Lipinski definition) is 5. The lowest BCUT2D eigenvalue weighted by Gasteiger charge is -2.27. The number of aromatic nitrogens is 2. The van der Waals surface area contributed by atoms with Crippen LogP contribution in [0.25, 0.3) is 0 Å². The Morgan fingerprint density at radius 3 is 3.00 bits per heavy atom. The molecule has 0 atom stereocenters. The van der Waals surface area contributed by atoms with Crippen molar-refractivity contribution < 1.29 is 0 Å². The van der Waals surface area contributed by atoms with E-state index in [2.05, 4.69) is 25.5 Å². The third-order valence-corrected chi connectivity index (χ3v) is 3.10. The van der Waals surface area contributed by atoms with Crippen LogP contribution < -0.4 is 10.6 Å². The standard InChI is InChI=1S/C11H18ClN5/c12-10-8-14-9-16-11(10)15-2-1-5-17-6-3-13-4-7-17/h8-9,13H,1-7H2,(H,14,15,16). The SMILES string of the molecule is Clc1cncnc1NCCCN1CCNCC1. The maximum atomic E-state index is 5.95. The van der Waals surface area contributed by atoms with Crippen molar-refractivity contribution >= 4 is 17.4 Å². The van der Waals surface area contributed by atoms with Crippen molar-refractivity contribution in [1.82, 2.24) is 20.2 Å². The van der Waals surface area contributed by atoms with Crippen molar-refractivity contribution in [1.29, 1.82) is 0 Å². The molecule has 1 aromatic heterocycles. The first-order valence-corrected chi connectivity index (χ1v) is 6.36. The average Bonchev–Trinajstić information content (AvgIpc) is 2.38. The molecule has 0 spiro atoms. The summed E-state index contributed by atoms with van der Waals surface area (Å²) < 4.78 is 0. The van der Waals surface area contributed by atoms with Gasteiger partial charge in [-0.25, -0.2) is 9.97 Å². The smallest absolute Gasteiger partial charge is 0.148 e. The molecule has 17 heavy (non-hydrogen) atoms. The van der Waals surface area contributed by atoms with E-state index in [0.29, 0.717) is 5.02 Å². The van der Waals surface area contributed by atoms with Gasteiger partial charge in [-0.15, -0.1) is 0 Å². The predicted octanol–water partition coefficient (Wildman–Crippen LogP) is 0.837. The summed E-state index contributed by atoms with van der Waals surface area (Å²) >= 11 is 5.95. The van der Waals surface area contributed by atoms with Crippen LogP contribution in [-0.4, -0.2) is 54.1 Å². The van der Waals surface area contributed by atoms with Gasteiger partial charge in [-0.1, -0.05) is 11.6 Å². The molecule has 94 valence electrons. The highest BCUT2D eigenvalue weighted by atomic mass is 35.5. The van der Waals surface area contributed by atoms with Crippen LogP contribution in [-0.2, 0) is 0 Å². The first-order chi connectivity index (χ1) is 8.36. The highest BCUT2D eigenvalue weighted by Gasteiger charge is 2.08. The van der Waals surface area contributed by atoms with E-state index in [9.17, 15) is 0 Å². The Labute approximate surface area is 107 Å². The molecule has 1 aromatic rings. The van der Waals surface area contributed by atoms with Gasteiger partial charge in [0.15, 0.2) is 0 Å². The van der Waals surface area contributed by atoms with Gasteiger partial charge in [0.1, 0.15) is 17.2 Å².